The van der Waals surface area contributed by atoms with E-state index in [1.54, 1.807) is 12.1 Å². The molecule has 1 aromatic heterocycles. The van der Waals surface area contributed by atoms with Crippen molar-refractivity contribution < 1.29 is 8.78 Å². The zero-order chi connectivity index (χ0) is 12.4. The minimum absolute atomic E-state index is 0.348. The summed E-state index contributed by atoms with van der Waals surface area (Å²) in [6.07, 6.45) is -1.92. The number of hydrogen-bond acceptors (Lipinski definition) is 1. The topological polar surface area (TPSA) is 17.8 Å². The van der Waals surface area contributed by atoms with Gasteiger partial charge in [0.1, 0.15) is 5.82 Å². The van der Waals surface area contributed by atoms with Gasteiger partial charge in [-0.25, -0.2) is 13.8 Å². The third kappa shape index (κ3) is 2.77. The summed E-state index contributed by atoms with van der Waals surface area (Å²) in [6, 6.07) is 5.44. The van der Waals surface area contributed by atoms with Crippen LogP contribution in [-0.2, 0) is 13.0 Å². The third-order valence-corrected chi connectivity index (χ3v) is 3.11. The number of nitrogens with zero attached hydrogens (tertiary/aromatic N) is 2. The maximum atomic E-state index is 12.6. The number of halogens is 4. The lowest BCUT2D eigenvalue weighted by molar-refractivity contribution is 0.127. The highest BCUT2D eigenvalue weighted by Gasteiger charge is 2.14. The van der Waals surface area contributed by atoms with Crippen molar-refractivity contribution in [3.63, 3.8) is 0 Å². The normalized spacial score (nSPS) is 11.6. The molecule has 1 aromatic carbocycles. The second kappa shape index (κ2) is 5.31. The van der Waals surface area contributed by atoms with E-state index in [0.717, 1.165) is 4.47 Å². The van der Waals surface area contributed by atoms with Gasteiger partial charge in [0.05, 0.1) is 17.6 Å². The Morgan fingerprint density at radius 2 is 2.18 bits per heavy atom. The molecule has 2 rings (SSSR count). The molecule has 0 radical (unpaired) electrons. The van der Waals surface area contributed by atoms with E-state index < -0.39 is 6.43 Å². The second-order valence-electron chi connectivity index (χ2n) is 3.60. The fraction of sp³-hybridized carbons (Fsp3) is 0.364. The fourth-order valence-electron chi connectivity index (χ4n) is 1.76. The zero-order valence-electron chi connectivity index (χ0n) is 8.84. The number of aryl methyl sites for hydroxylation is 1. The Hall–Kier alpha value is -0.680. The van der Waals surface area contributed by atoms with Gasteiger partial charge in [0, 0.05) is 16.8 Å². The molecule has 0 atom stereocenters. The zero-order valence-corrected chi connectivity index (χ0v) is 11.2. The highest BCUT2D eigenvalue weighted by Crippen LogP contribution is 2.22. The first kappa shape index (κ1) is 12.8. The van der Waals surface area contributed by atoms with Crippen LogP contribution in [0.2, 0.25) is 0 Å². The summed E-state index contributed by atoms with van der Waals surface area (Å²) in [4.78, 5) is 4.32. The summed E-state index contributed by atoms with van der Waals surface area (Å²) >= 11 is 8.98. The molecule has 0 saturated heterocycles. The minimum atomic E-state index is -2.40. The SMILES string of the molecule is FC(F)Cn1c(CCCl)nc2ccc(Br)cc21. The number of alkyl halides is 3. The molecule has 0 N–H and O–H groups in total. The Balaban J connectivity index is 2.55. The van der Waals surface area contributed by atoms with Gasteiger partial charge in [0.15, 0.2) is 0 Å². The molecule has 0 saturated carbocycles. The smallest absolute Gasteiger partial charge is 0.256 e. The molecule has 2 nitrogen and oxygen atoms in total. The molecule has 0 unspecified atom stereocenters. The molecule has 2 aromatic rings. The van der Waals surface area contributed by atoms with Crippen LogP contribution in [-0.4, -0.2) is 21.9 Å². The van der Waals surface area contributed by atoms with Gasteiger partial charge in [-0.3, -0.25) is 0 Å². The maximum absolute atomic E-state index is 12.6. The molecule has 1 heterocycles. The lowest BCUT2D eigenvalue weighted by atomic mass is 10.3. The largest absolute Gasteiger partial charge is 0.322 e. The average molecular weight is 324 g/mol. The average Bonchev–Trinajstić information content (AvgIpc) is 2.57. The van der Waals surface area contributed by atoms with E-state index in [9.17, 15) is 8.78 Å². The summed E-state index contributed by atoms with van der Waals surface area (Å²) < 4.78 is 27.5. The van der Waals surface area contributed by atoms with Gasteiger partial charge in [0.25, 0.3) is 6.43 Å². The number of benzene rings is 1. The van der Waals surface area contributed by atoms with E-state index in [4.69, 9.17) is 11.6 Å². The van der Waals surface area contributed by atoms with Crippen LogP contribution < -0.4 is 0 Å². The van der Waals surface area contributed by atoms with Crippen molar-refractivity contribution in [1.29, 1.82) is 0 Å². The Labute approximate surface area is 111 Å². The standard InChI is InChI=1S/C11H10BrClF2N2/c12-7-1-2-8-9(5-7)17(6-10(14)15)11(16-8)3-4-13/h1-2,5,10H,3-4,6H2. The van der Waals surface area contributed by atoms with Crippen molar-refractivity contribution in [2.45, 2.75) is 19.4 Å². The number of rotatable bonds is 4. The van der Waals surface area contributed by atoms with E-state index in [1.807, 2.05) is 6.07 Å². The summed E-state index contributed by atoms with van der Waals surface area (Å²) in [7, 11) is 0. The molecule has 17 heavy (non-hydrogen) atoms. The van der Waals surface area contributed by atoms with Gasteiger partial charge in [-0.15, -0.1) is 11.6 Å². The Kier molecular flexibility index (Phi) is 3.99. The summed E-state index contributed by atoms with van der Waals surface area (Å²) in [5.74, 6) is 0.974. The summed E-state index contributed by atoms with van der Waals surface area (Å²) in [5, 5.41) is 0. The van der Waals surface area contributed by atoms with Crippen molar-refractivity contribution in [3.05, 3.63) is 28.5 Å². The molecule has 92 valence electrons. The van der Waals surface area contributed by atoms with E-state index in [0.29, 0.717) is 29.2 Å². The van der Waals surface area contributed by atoms with Crippen molar-refractivity contribution in [2.24, 2.45) is 0 Å². The van der Waals surface area contributed by atoms with Crippen LogP contribution >= 0.6 is 27.5 Å². The van der Waals surface area contributed by atoms with Crippen LogP contribution in [0.4, 0.5) is 8.78 Å². The first-order chi connectivity index (χ1) is 8.11. The third-order valence-electron chi connectivity index (χ3n) is 2.43. The van der Waals surface area contributed by atoms with Crippen molar-refractivity contribution in [3.8, 4) is 0 Å². The van der Waals surface area contributed by atoms with Gasteiger partial charge in [0.2, 0.25) is 0 Å². The highest BCUT2D eigenvalue weighted by atomic mass is 79.9. The van der Waals surface area contributed by atoms with Crippen LogP contribution in [0, 0.1) is 0 Å². The molecule has 0 aliphatic carbocycles. The van der Waals surface area contributed by atoms with Crippen LogP contribution in [0.5, 0.6) is 0 Å². The second-order valence-corrected chi connectivity index (χ2v) is 4.90. The number of aromatic nitrogens is 2. The highest BCUT2D eigenvalue weighted by molar-refractivity contribution is 9.10. The molecule has 0 amide bonds. The lowest BCUT2D eigenvalue weighted by Gasteiger charge is -2.07. The Morgan fingerprint density at radius 3 is 2.82 bits per heavy atom. The quantitative estimate of drug-likeness (QED) is 0.782. The number of imidazole rings is 1. The van der Waals surface area contributed by atoms with Crippen LogP contribution in [0.1, 0.15) is 5.82 Å². The first-order valence-electron chi connectivity index (χ1n) is 5.10. The van der Waals surface area contributed by atoms with E-state index >= 15 is 0 Å². The monoisotopic (exact) mass is 322 g/mol. The lowest BCUT2D eigenvalue weighted by Crippen LogP contribution is -2.10. The predicted octanol–water partition coefficient (Wildman–Crippen LogP) is 3.85. The molecule has 0 spiro atoms. The molecular weight excluding hydrogens is 313 g/mol. The first-order valence-corrected chi connectivity index (χ1v) is 6.43. The molecule has 0 aliphatic heterocycles. The number of fused-ring (bicyclic) bond motifs is 1. The van der Waals surface area contributed by atoms with Crippen LogP contribution in [0.3, 0.4) is 0 Å². The summed E-state index contributed by atoms with van der Waals surface area (Å²) in [6.45, 7) is -0.348. The van der Waals surface area contributed by atoms with Gasteiger partial charge in [-0.05, 0) is 18.2 Å². The predicted molar refractivity (Wildman–Crippen MR) is 67.9 cm³/mol. The van der Waals surface area contributed by atoms with E-state index in [1.165, 1.54) is 4.57 Å². The van der Waals surface area contributed by atoms with E-state index in [-0.39, 0.29) is 6.54 Å². The van der Waals surface area contributed by atoms with Gasteiger partial charge in [-0.2, -0.15) is 0 Å². The molecule has 0 aliphatic rings. The van der Waals surface area contributed by atoms with Gasteiger partial charge in [-0.1, -0.05) is 15.9 Å². The Morgan fingerprint density at radius 1 is 1.41 bits per heavy atom. The molecule has 0 fully saturated rings. The van der Waals surface area contributed by atoms with Crippen molar-refractivity contribution in [2.75, 3.05) is 5.88 Å². The van der Waals surface area contributed by atoms with Crippen LogP contribution in [0.15, 0.2) is 22.7 Å². The Bertz CT molecular complexity index is 527. The number of hydrogen-bond donors (Lipinski definition) is 0. The fourth-order valence-corrected chi connectivity index (χ4v) is 2.28. The maximum Gasteiger partial charge on any atom is 0.256 e. The minimum Gasteiger partial charge on any atom is -0.322 e. The summed E-state index contributed by atoms with van der Waals surface area (Å²) in [5.41, 5.74) is 1.42. The van der Waals surface area contributed by atoms with E-state index in [2.05, 4.69) is 20.9 Å². The molecule has 0 bridgehead atoms. The van der Waals surface area contributed by atoms with Crippen molar-refractivity contribution in [1.82, 2.24) is 9.55 Å². The van der Waals surface area contributed by atoms with Crippen LogP contribution in [0.25, 0.3) is 11.0 Å². The van der Waals surface area contributed by atoms with Gasteiger partial charge < -0.3 is 4.57 Å². The molecule has 6 heteroatoms. The molecular formula is C11H10BrClF2N2. The van der Waals surface area contributed by atoms with Crippen molar-refractivity contribution >= 4 is 38.6 Å². The van der Waals surface area contributed by atoms with Gasteiger partial charge >= 0.3 is 0 Å².